The SMILES string of the molecule is Cc1nc(N2CCCCC2CCN)cc(=O)[nH]1. The molecule has 1 aliphatic rings. The average Bonchev–Trinajstić information content (AvgIpc) is 2.29. The van der Waals surface area contributed by atoms with Crippen LogP contribution in [0.1, 0.15) is 31.5 Å². The van der Waals surface area contributed by atoms with Crippen LogP contribution in [0.15, 0.2) is 10.9 Å². The molecule has 1 fully saturated rings. The van der Waals surface area contributed by atoms with E-state index in [9.17, 15) is 4.79 Å². The third-order valence-corrected chi connectivity index (χ3v) is 3.27. The number of hydrogen-bond acceptors (Lipinski definition) is 4. The van der Waals surface area contributed by atoms with E-state index in [0.29, 0.717) is 18.4 Å². The number of anilines is 1. The van der Waals surface area contributed by atoms with Crippen molar-refractivity contribution in [2.45, 2.75) is 38.6 Å². The third kappa shape index (κ3) is 2.85. The van der Waals surface area contributed by atoms with Crippen LogP contribution in [0.3, 0.4) is 0 Å². The van der Waals surface area contributed by atoms with Crippen molar-refractivity contribution in [3.8, 4) is 0 Å². The van der Waals surface area contributed by atoms with Gasteiger partial charge in [0.1, 0.15) is 11.6 Å². The predicted molar refractivity (Wildman–Crippen MR) is 68.3 cm³/mol. The lowest BCUT2D eigenvalue weighted by atomic mass is 9.99. The van der Waals surface area contributed by atoms with Crippen LogP contribution in [0.4, 0.5) is 5.82 Å². The Hall–Kier alpha value is -1.36. The van der Waals surface area contributed by atoms with Gasteiger partial charge in [0.25, 0.3) is 5.56 Å². The maximum Gasteiger partial charge on any atom is 0.252 e. The Bertz CT molecular complexity index is 427. The van der Waals surface area contributed by atoms with Gasteiger partial charge in [0.2, 0.25) is 0 Å². The smallest absolute Gasteiger partial charge is 0.252 e. The van der Waals surface area contributed by atoms with Gasteiger partial charge in [-0.15, -0.1) is 0 Å². The van der Waals surface area contributed by atoms with E-state index in [0.717, 1.165) is 31.6 Å². The van der Waals surface area contributed by atoms with E-state index in [2.05, 4.69) is 14.9 Å². The van der Waals surface area contributed by atoms with Gasteiger partial charge in [0.15, 0.2) is 0 Å². The van der Waals surface area contributed by atoms with Gasteiger partial charge in [0, 0.05) is 18.7 Å². The van der Waals surface area contributed by atoms with Gasteiger partial charge in [-0.25, -0.2) is 4.98 Å². The largest absolute Gasteiger partial charge is 0.353 e. The standard InChI is InChI=1S/C12H20N4O/c1-9-14-11(8-12(17)15-9)16-7-3-2-4-10(16)5-6-13/h8,10H,2-7,13H2,1H3,(H,14,15,17). The lowest BCUT2D eigenvalue weighted by Gasteiger charge is -2.36. The summed E-state index contributed by atoms with van der Waals surface area (Å²) >= 11 is 0. The van der Waals surface area contributed by atoms with Crippen LogP contribution >= 0.6 is 0 Å². The van der Waals surface area contributed by atoms with E-state index in [1.807, 2.05) is 6.92 Å². The van der Waals surface area contributed by atoms with E-state index >= 15 is 0 Å². The summed E-state index contributed by atoms with van der Waals surface area (Å²) in [5.74, 6) is 1.47. The summed E-state index contributed by atoms with van der Waals surface area (Å²) in [4.78, 5) is 20.8. The second-order valence-corrected chi connectivity index (χ2v) is 4.61. The van der Waals surface area contributed by atoms with Gasteiger partial charge in [-0.3, -0.25) is 4.79 Å². The fourth-order valence-electron chi connectivity index (χ4n) is 2.51. The van der Waals surface area contributed by atoms with Gasteiger partial charge in [-0.2, -0.15) is 0 Å². The fourth-order valence-corrected chi connectivity index (χ4v) is 2.51. The molecule has 2 heterocycles. The molecule has 1 aromatic heterocycles. The minimum Gasteiger partial charge on any atom is -0.353 e. The van der Waals surface area contributed by atoms with Crippen molar-refractivity contribution >= 4 is 5.82 Å². The van der Waals surface area contributed by atoms with Crippen LogP contribution in [-0.2, 0) is 0 Å². The molecule has 1 aromatic rings. The zero-order chi connectivity index (χ0) is 12.3. The van der Waals surface area contributed by atoms with Crippen LogP contribution in [0.25, 0.3) is 0 Å². The molecule has 0 aliphatic carbocycles. The molecule has 1 unspecified atom stereocenters. The zero-order valence-corrected chi connectivity index (χ0v) is 10.3. The molecule has 0 spiro atoms. The van der Waals surface area contributed by atoms with Crippen molar-refractivity contribution in [1.29, 1.82) is 0 Å². The van der Waals surface area contributed by atoms with Crippen molar-refractivity contribution in [3.63, 3.8) is 0 Å². The molecule has 5 heteroatoms. The first-order chi connectivity index (χ1) is 8.20. The van der Waals surface area contributed by atoms with E-state index in [-0.39, 0.29) is 5.56 Å². The monoisotopic (exact) mass is 236 g/mol. The molecule has 94 valence electrons. The third-order valence-electron chi connectivity index (χ3n) is 3.27. The van der Waals surface area contributed by atoms with Crippen molar-refractivity contribution in [2.24, 2.45) is 5.73 Å². The Morgan fingerprint density at radius 3 is 3.12 bits per heavy atom. The molecule has 17 heavy (non-hydrogen) atoms. The van der Waals surface area contributed by atoms with E-state index in [1.54, 1.807) is 6.07 Å². The number of nitrogens with two attached hydrogens (primary N) is 1. The molecule has 0 amide bonds. The first kappa shape index (κ1) is 12.1. The minimum atomic E-state index is -0.0791. The number of aryl methyl sites for hydroxylation is 1. The Kier molecular flexibility index (Phi) is 3.78. The molecule has 1 atom stereocenters. The molecular formula is C12H20N4O. The number of nitrogens with zero attached hydrogens (tertiary/aromatic N) is 2. The fraction of sp³-hybridized carbons (Fsp3) is 0.667. The number of aromatic nitrogens is 2. The van der Waals surface area contributed by atoms with Crippen molar-refractivity contribution in [2.75, 3.05) is 18.0 Å². The summed E-state index contributed by atoms with van der Waals surface area (Å²) < 4.78 is 0. The molecule has 3 N–H and O–H groups in total. The predicted octanol–water partition coefficient (Wildman–Crippen LogP) is 0.786. The highest BCUT2D eigenvalue weighted by Crippen LogP contribution is 2.23. The van der Waals surface area contributed by atoms with Crippen molar-refractivity contribution in [3.05, 3.63) is 22.2 Å². The first-order valence-corrected chi connectivity index (χ1v) is 6.25. The quantitative estimate of drug-likeness (QED) is 0.813. The average molecular weight is 236 g/mol. The van der Waals surface area contributed by atoms with E-state index < -0.39 is 0 Å². The summed E-state index contributed by atoms with van der Waals surface area (Å²) in [6, 6.07) is 2.02. The summed E-state index contributed by atoms with van der Waals surface area (Å²) in [6.07, 6.45) is 4.51. The van der Waals surface area contributed by atoms with Gasteiger partial charge in [-0.1, -0.05) is 0 Å². The number of rotatable bonds is 3. The van der Waals surface area contributed by atoms with Crippen LogP contribution in [0.5, 0.6) is 0 Å². The highest BCUT2D eigenvalue weighted by atomic mass is 16.1. The van der Waals surface area contributed by atoms with Gasteiger partial charge >= 0.3 is 0 Å². The number of nitrogens with one attached hydrogen (secondary N) is 1. The van der Waals surface area contributed by atoms with Gasteiger partial charge < -0.3 is 15.6 Å². The summed E-state index contributed by atoms with van der Waals surface area (Å²) in [7, 11) is 0. The second-order valence-electron chi connectivity index (χ2n) is 4.61. The molecule has 0 aromatic carbocycles. The number of piperidine rings is 1. The van der Waals surface area contributed by atoms with E-state index in [1.165, 1.54) is 6.42 Å². The highest BCUT2D eigenvalue weighted by molar-refractivity contribution is 5.39. The number of hydrogen-bond donors (Lipinski definition) is 2. The maximum atomic E-state index is 11.5. The lowest BCUT2D eigenvalue weighted by Crippen LogP contribution is -2.41. The van der Waals surface area contributed by atoms with Crippen molar-refractivity contribution < 1.29 is 0 Å². The molecule has 1 saturated heterocycles. The van der Waals surface area contributed by atoms with Crippen LogP contribution in [0, 0.1) is 6.92 Å². The van der Waals surface area contributed by atoms with E-state index in [4.69, 9.17) is 5.73 Å². The van der Waals surface area contributed by atoms with Crippen LogP contribution < -0.4 is 16.2 Å². The van der Waals surface area contributed by atoms with Gasteiger partial charge in [0.05, 0.1) is 0 Å². The molecular weight excluding hydrogens is 216 g/mol. The Morgan fingerprint density at radius 2 is 2.41 bits per heavy atom. The normalized spacial score (nSPS) is 20.6. The highest BCUT2D eigenvalue weighted by Gasteiger charge is 2.23. The lowest BCUT2D eigenvalue weighted by molar-refractivity contribution is 0.438. The number of H-pyrrole nitrogens is 1. The summed E-state index contributed by atoms with van der Waals surface area (Å²) in [5, 5.41) is 0. The Labute approximate surface area is 101 Å². The number of aromatic amines is 1. The zero-order valence-electron chi connectivity index (χ0n) is 10.3. The first-order valence-electron chi connectivity index (χ1n) is 6.25. The Morgan fingerprint density at radius 1 is 1.59 bits per heavy atom. The summed E-state index contributed by atoms with van der Waals surface area (Å²) in [5.41, 5.74) is 5.57. The Balaban J connectivity index is 2.25. The molecule has 5 nitrogen and oxygen atoms in total. The molecule has 0 saturated carbocycles. The topological polar surface area (TPSA) is 75.0 Å². The van der Waals surface area contributed by atoms with Crippen LogP contribution in [0.2, 0.25) is 0 Å². The van der Waals surface area contributed by atoms with Gasteiger partial charge in [-0.05, 0) is 39.2 Å². The molecule has 2 rings (SSSR count). The van der Waals surface area contributed by atoms with Crippen molar-refractivity contribution in [1.82, 2.24) is 9.97 Å². The van der Waals surface area contributed by atoms with Crippen LogP contribution in [-0.4, -0.2) is 29.1 Å². The summed E-state index contributed by atoms with van der Waals surface area (Å²) in [6.45, 7) is 3.47. The maximum absolute atomic E-state index is 11.5. The second kappa shape index (κ2) is 5.31. The molecule has 0 radical (unpaired) electrons. The molecule has 0 bridgehead atoms. The minimum absolute atomic E-state index is 0.0791. The molecule has 1 aliphatic heterocycles.